The fourth-order valence-electron chi connectivity index (χ4n) is 1.92. The number of rotatable bonds is 4. The highest BCUT2D eigenvalue weighted by Crippen LogP contribution is 2.04. The van der Waals surface area contributed by atoms with E-state index in [4.69, 9.17) is 0 Å². The van der Waals surface area contributed by atoms with Crippen molar-refractivity contribution in [2.24, 2.45) is 0 Å². The second-order valence-corrected chi connectivity index (χ2v) is 4.42. The van der Waals surface area contributed by atoms with Crippen molar-refractivity contribution in [1.82, 2.24) is 25.2 Å². The second kappa shape index (κ2) is 5.53. The van der Waals surface area contributed by atoms with Crippen LogP contribution in [0, 0.1) is 0 Å². The van der Waals surface area contributed by atoms with Crippen LogP contribution in [-0.2, 0) is 11.3 Å². The van der Waals surface area contributed by atoms with Gasteiger partial charge in [-0.3, -0.25) is 14.7 Å². The minimum Gasteiger partial charge on any atom is -0.323 e. The molecule has 0 fully saturated rings. The van der Waals surface area contributed by atoms with Gasteiger partial charge in [0.25, 0.3) is 5.56 Å². The van der Waals surface area contributed by atoms with Gasteiger partial charge in [0.15, 0.2) is 0 Å². The third-order valence-electron chi connectivity index (χ3n) is 2.96. The van der Waals surface area contributed by atoms with Crippen molar-refractivity contribution >= 4 is 22.5 Å². The van der Waals surface area contributed by atoms with Gasteiger partial charge in [0.1, 0.15) is 5.52 Å². The number of anilines is 1. The highest BCUT2D eigenvalue weighted by Gasteiger charge is 2.08. The van der Waals surface area contributed by atoms with Crippen molar-refractivity contribution in [3.05, 3.63) is 47.0 Å². The zero-order valence-electron chi connectivity index (χ0n) is 11.0. The summed E-state index contributed by atoms with van der Waals surface area (Å²) in [7, 11) is 0. The molecule has 2 N–H and O–H groups in total. The van der Waals surface area contributed by atoms with Gasteiger partial charge in [-0.25, -0.2) is 4.68 Å². The largest absolute Gasteiger partial charge is 0.323 e. The predicted molar refractivity (Wildman–Crippen MR) is 75.6 cm³/mol. The van der Waals surface area contributed by atoms with Crippen LogP contribution in [0.2, 0.25) is 0 Å². The molecule has 1 aromatic carbocycles. The molecule has 3 rings (SSSR count). The molecule has 2 heterocycles. The van der Waals surface area contributed by atoms with E-state index in [-0.39, 0.29) is 24.4 Å². The molecule has 0 atom stereocenters. The number of hydrogen-bond acceptors (Lipinski definition) is 5. The average molecular weight is 284 g/mol. The maximum Gasteiger partial charge on any atom is 0.277 e. The molecule has 0 aliphatic rings. The number of aryl methyl sites for hydroxylation is 1. The SMILES string of the molecule is O=C(CCn1nnc2ccccc2c1=O)Nc1cn[nH]c1. The van der Waals surface area contributed by atoms with Crippen molar-refractivity contribution in [1.29, 1.82) is 0 Å². The summed E-state index contributed by atoms with van der Waals surface area (Å²) in [5.41, 5.74) is 0.871. The summed E-state index contributed by atoms with van der Waals surface area (Å²) in [5, 5.41) is 17.3. The number of benzene rings is 1. The van der Waals surface area contributed by atoms with Crippen LogP contribution in [0.1, 0.15) is 6.42 Å². The van der Waals surface area contributed by atoms with E-state index in [0.29, 0.717) is 16.6 Å². The van der Waals surface area contributed by atoms with Crippen LogP contribution in [-0.4, -0.2) is 31.1 Å². The van der Waals surface area contributed by atoms with Crippen LogP contribution in [0.25, 0.3) is 10.9 Å². The van der Waals surface area contributed by atoms with E-state index in [0.717, 1.165) is 0 Å². The van der Waals surface area contributed by atoms with E-state index in [1.165, 1.54) is 10.9 Å². The van der Waals surface area contributed by atoms with E-state index < -0.39 is 0 Å². The quantitative estimate of drug-likeness (QED) is 0.727. The smallest absolute Gasteiger partial charge is 0.277 e. The average Bonchev–Trinajstić information content (AvgIpc) is 3.00. The highest BCUT2D eigenvalue weighted by atomic mass is 16.2. The first-order valence-electron chi connectivity index (χ1n) is 6.35. The molecule has 0 saturated carbocycles. The van der Waals surface area contributed by atoms with E-state index >= 15 is 0 Å². The number of amides is 1. The highest BCUT2D eigenvalue weighted by molar-refractivity contribution is 5.90. The minimum atomic E-state index is -0.253. The lowest BCUT2D eigenvalue weighted by Gasteiger charge is -2.05. The zero-order chi connectivity index (χ0) is 14.7. The summed E-state index contributed by atoms with van der Waals surface area (Å²) in [6.07, 6.45) is 3.19. The van der Waals surface area contributed by atoms with E-state index in [1.807, 2.05) is 0 Å². The van der Waals surface area contributed by atoms with Crippen molar-refractivity contribution in [3.8, 4) is 0 Å². The lowest BCUT2D eigenvalue weighted by molar-refractivity contribution is -0.116. The number of nitrogens with one attached hydrogen (secondary N) is 2. The minimum absolute atomic E-state index is 0.123. The molecule has 2 aromatic heterocycles. The molecule has 8 heteroatoms. The lowest BCUT2D eigenvalue weighted by Crippen LogP contribution is -2.26. The van der Waals surface area contributed by atoms with Crippen molar-refractivity contribution < 1.29 is 4.79 Å². The summed E-state index contributed by atoms with van der Waals surface area (Å²) in [4.78, 5) is 23.9. The Labute approximate surface area is 118 Å². The second-order valence-electron chi connectivity index (χ2n) is 4.42. The molecule has 0 unspecified atom stereocenters. The molecular formula is C13H12N6O2. The molecular weight excluding hydrogens is 272 g/mol. The number of H-pyrrole nitrogens is 1. The summed E-state index contributed by atoms with van der Waals surface area (Å²) in [5.74, 6) is -0.224. The van der Waals surface area contributed by atoms with Crippen LogP contribution in [0.5, 0.6) is 0 Å². The Kier molecular flexibility index (Phi) is 3.42. The number of aromatic nitrogens is 5. The van der Waals surface area contributed by atoms with Crippen LogP contribution >= 0.6 is 0 Å². The van der Waals surface area contributed by atoms with Crippen LogP contribution < -0.4 is 10.9 Å². The Balaban J connectivity index is 1.72. The molecule has 0 aliphatic carbocycles. The topological polar surface area (TPSA) is 106 Å². The first kappa shape index (κ1) is 13.0. The Bertz CT molecular complexity index is 824. The standard InChI is InChI=1S/C13H12N6O2/c20-12(16-9-7-14-15-8-9)5-6-19-13(21)10-3-1-2-4-11(10)17-18-19/h1-4,7-8H,5-6H2,(H,14,15)(H,16,20). The Morgan fingerprint density at radius 1 is 1.33 bits per heavy atom. The number of aromatic amines is 1. The van der Waals surface area contributed by atoms with Gasteiger partial charge in [0.2, 0.25) is 5.91 Å². The van der Waals surface area contributed by atoms with E-state index in [2.05, 4.69) is 25.8 Å². The van der Waals surface area contributed by atoms with Gasteiger partial charge < -0.3 is 5.32 Å². The first-order valence-corrected chi connectivity index (χ1v) is 6.35. The van der Waals surface area contributed by atoms with Gasteiger partial charge >= 0.3 is 0 Å². The molecule has 0 saturated heterocycles. The molecule has 21 heavy (non-hydrogen) atoms. The maximum atomic E-state index is 12.2. The molecule has 106 valence electrons. The van der Waals surface area contributed by atoms with Crippen molar-refractivity contribution in [2.45, 2.75) is 13.0 Å². The van der Waals surface area contributed by atoms with Gasteiger partial charge in [-0.1, -0.05) is 17.3 Å². The van der Waals surface area contributed by atoms with Gasteiger partial charge in [0.05, 0.1) is 23.8 Å². The fraction of sp³-hybridized carbons (Fsp3) is 0.154. The molecule has 0 spiro atoms. The normalized spacial score (nSPS) is 10.7. The Morgan fingerprint density at radius 2 is 2.19 bits per heavy atom. The van der Waals surface area contributed by atoms with Gasteiger partial charge in [-0.15, -0.1) is 5.10 Å². The van der Waals surface area contributed by atoms with Gasteiger partial charge in [0, 0.05) is 12.6 Å². The third kappa shape index (κ3) is 2.78. The van der Waals surface area contributed by atoms with Crippen LogP contribution in [0.4, 0.5) is 5.69 Å². The third-order valence-corrected chi connectivity index (χ3v) is 2.96. The number of carbonyl (C=O) groups is 1. The van der Waals surface area contributed by atoms with Crippen molar-refractivity contribution in [3.63, 3.8) is 0 Å². The maximum absolute atomic E-state index is 12.2. The first-order chi connectivity index (χ1) is 10.2. The molecule has 0 bridgehead atoms. The molecule has 0 aliphatic heterocycles. The number of hydrogen-bond donors (Lipinski definition) is 2. The number of nitrogens with zero attached hydrogens (tertiary/aromatic N) is 4. The summed E-state index contributed by atoms with van der Waals surface area (Å²) >= 11 is 0. The summed E-state index contributed by atoms with van der Waals surface area (Å²) in [6, 6.07) is 6.97. The van der Waals surface area contributed by atoms with E-state index in [9.17, 15) is 9.59 Å². The molecule has 8 nitrogen and oxygen atoms in total. The number of fused-ring (bicyclic) bond motifs is 1. The molecule has 1 amide bonds. The monoisotopic (exact) mass is 284 g/mol. The molecule has 0 radical (unpaired) electrons. The summed E-state index contributed by atoms with van der Waals surface area (Å²) in [6.45, 7) is 0.167. The number of carbonyl (C=O) groups excluding carboxylic acids is 1. The van der Waals surface area contributed by atoms with Crippen molar-refractivity contribution in [2.75, 3.05) is 5.32 Å². The Hall–Kier alpha value is -3.03. The predicted octanol–water partition coefficient (Wildman–Crippen LogP) is 0.543. The zero-order valence-corrected chi connectivity index (χ0v) is 11.0. The lowest BCUT2D eigenvalue weighted by atomic mass is 10.2. The van der Waals surface area contributed by atoms with E-state index in [1.54, 1.807) is 30.5 Å². The summed E-state index contributed by atoms with van der Waals surface area (Å²) < 4.78 is 1.19. The van der Waals surface area contributed by atoms with Crippen LogP contribution in [0.15, 0.2) is 41.5 Å². The van der Waals surface area contributed by atoms with Crippen LogP contribution in [0.3, 0.4) is 0 Å². The molecule has 3 aromatic rings. The van der Waals surface area contributed by atoms with Gasteiger partial charge in [-0.2, -0.15) is 5.10 Å². The Morgan fingerprint density at radius 3 is 3.00 bits per heavy atom. The fourth-order valence-corrected chi connectivity index (χ4v) is 1.92. The van der Waals surface area contributed by atoms with Gasteiger partial charge in [-0.05, 0) is 12.1 Å².